The summed E-state index contributed by atoms with van der Waals surface area (Å²) >= 11 is 0. The molecule has 0 spiro atoms. The van der Waals surface area contributed by atoms with Gasteiger partial charge in [0.05, 0.1) is 19.0 Å². The van der Waals surface area contributed by atoms with Crippen LogP contribution in [-0.4, -0.2) is 34.0 Å². The molecule has 3 aromatic rings. The van der Waals surface area contributed by atoms with Crippen LogP contribution in [0.1, 0.15) is 22.3 Å². The normalized spacial score (nSPS) is 10.6. The molecule has 0 aliphatic carbocycles. The largest absolute Gasteiger partial charge is 0.341 e. The minimum atomic E-state index is -0.543. The number of nitrogens with zero attached hydrogens (tertiary/aromatic N) is 4. The zero-order valence-corrected chi connectivity index (χ0v) is 14.7. The molecule has 0 N–H and O–H groups in total. The maximum atomic E-state index is 14.1. The molecule has 3 rings (SSSR count). The Hall–Kier alpha value is -3.53. The van der Waals surface area contributed by atoms with E-state index >= 15 is 0 Å². The number of benzene rings is 1. The molecule has 2 aromatic heterocycles. The van der Waals surface area contributed by atoms with Gasteiger partial charge < -0.3 is 4.90 Å². The van der Waals surface area contributed by atoms with E-state index in [0.717, 1.165) is 0 Å². The lowest BCUT2D eigenvalue weighted by Gasteiger charge is -2.17. The van der Waals surface area contributed by atoms with Gasteiger partial charge in [0.15, 0.2) is 0 Å². The van der Waals surface area contributed by atoms with Gasteiger partial charge in [-0.1, -0.05) is 18.2 Å². The van der Waals surface area contributed by atoms with Crippen LogP contribution < -0.4 is 5.56 Å². The smallest absolute Gasteiger partial charge is 0.265 e. The van der Waals surface area contributed by atoms with E-state index < -0.39 is 17.3 Å². The Labute approximate surface area is 155 Å². The average Bonchev–Trinajstić information content (AvgIpc) is 2.69. The molecule has 0 unspecified atom stereocenters. The number of carbonyl (C=O) groups excluding carboxylic acids is 1. The molecule has 0 radical (unpaired) electrons. The number of nitriles is 1. The van der Waals surface area contributed by atoms with Gasteiger partial charge in [0.25, 0.3) is 11.5 Å². The molecule has 7 heteroatoms. The lowest BCUT2D eigenvalue weighted by molar-refractivity contribution is 0.0796. The number of hydrogen-bond acceptors (Lipinski definition) is 4. The Morgan fingerprint density at radius 1 is 1.30 bits per heavy atom. The van der Waals surface area contributed by atoms with Gasteiger partial charge in [0.1, 0.15) is 17.0 Å². The van der Waals surface area contributed by atoms with Crippen molar-refractivity contribution in [1.82, 2.24) is 14.5 Å². The Morgan fingerprint density at radius 2 is 2.07 bits per heavy atom. The molecule has 0 atom stereocenters. The van der Waals surface area contributed by atoms with Gasteiger partial charge in [0.2, 0.25) is 0 Å². The predicted octanol–water partition coefficient (Wildman–Crippen LogP) is 2.57. The standard InChI is InChI=1S/C20H17FN4O2/c1-24(11-5-9-22)19(26)16-12-14-7-4-10-23-18(14)25(20(16)27)13-15-6-2-3-8-17(15)21/h2-4,6-8,10,12H,5,11,13H2,1H3. The van der Waals surface area contributed by atoms with E-state index in [4.69, 9.17) is 5.26 Å². The fourth-order valence-corrected chi connectivity index (χ4v) is 2.83. The Morgan fingerprint density at radius 3 is 2.81 bits per heavy atom. The second kappa shape index (κ2) is 7.79. The molecule has 0 aliphatic heterocycles. The van der Waals surface area contributed by atoms with E-state index in [0.29, 0.717) is 16.6 Å². The number of halogens is 1. The third-order valence-electron chi connectivity index (χ3n) is 4.27. The van der Waals surface area contributed by atoms with E-state index in [1.807, 2.05) is 6.07 Å². The summed E-state index contributed by atoms with van der Waals surface area (Å²) in [6.07, 6.45) is 1.71. The van der Waals surface area contributed by atoms with Crippen LogP contribution in [0.25, 0.3) is 11.0 Å². The van der Waals surface area contributed by atoms with Gasteiger partial charge >= 0.3 is 0 Å². The topological polar surface area (TPSA) is 79.0 Å². The van der Waals surface area contributed by atoms with Crippen molar-refractivity contribution in [2.75, 3.05) is 13.6 Å². The highest BCUT2D eigenvalue weighted by Gasteiger charge is 2.20. The van der Waals surface area contributed by atoms with E-state index in [-0.39, 0.29) is 25.1 Å². The fraction of sp³-hybridized carbons (Fsp3) is 0.200. The minimum absolute atomic E-state index is 0.0349. The van der Waals surface area contributed by atoms with E-state index in [1.165, 1.54) is 28.6 Å². The van der Waals surface area contributed by atoms with Crippen molar-refractivity contribution in [3.8, 4) is 6.07 Å². The Bertz CT molecular complexity index is 1100. The van der Waals surface area contributed by atoms with E-state index in [1.54, 1.807) is 36.5 Å². The van der Waals surface area contributed by atoms with Crippen molar-refractivity contribution in [2.24, 2.45) is 0 Å². The van der Waals surface area contributed by atoms with Crippen molar-refractivity contribution < 1.29 is 9.18 Å². The molecule has 0 saturated carbocycles. The number of aromatic nitrogens is 2. The van der Waals surface area contributed by atoms with Crippen LogP contribution in [0.15, 0.2) is 53.5 Å². The van der Waals surface area contributed by atoms with Crippen molar-refractivity contribution in [3.63, 3.8) is 0 Å². The number of hydrogen-bond donors (Lipinski definition) is 0. The quantitative estimate of drug-likeness (QED) is 0.697. The first-order valence-corrected chi connectivity index (χ1v) is 8.37. The summed E-state index contributed by atoms with van der Waals surface area (Å²) in [4.78, 5) is 31.3. The third-order valence-corrected chi connectivity index (χ3v) is 4.27. The second-order valence-electron chi connectivity index (χ2n) is 6.09. The summed E-state index contributed by atoms with van der Waals surface area (Å²) in [7, 11) is 1.54. The SMILES string of the molecule is CN(CCC#N)C(=O)c1cc2cccnc2n(Cc2ccccc2F)c1=O. The molecule has 0 bridgehead atoms. The number of pyridine rings is 2. The summed E-state index contributed by atoms with van der Waals surface area (Å²) in [5, 5.41) is 9.30. The molecule has 136 valence electrons. The zero-order valence-electron chi connectivity index (χ0n) is 14.7. The van der Waals surface area contributed by atoms with Gasteiger partial charge in [-0.25, -0.2) is 9.37 Å². The number of amides is 1. The molecule has 27 heavy (non-hydrogen) atoms. The molecule has 1 amide bonds. The summed E-state index contributed by atoms with van der Waals surface area (Å²) in [5.74, 6) is -0.917. The summed E-state index contributed by atoms with van der Waals surface area (Å²) < 4.78 is 15.4. The van der Waals surface area contributed by atoms with Crippen LogP contribution >= 0.6 is 0 Å². The van der Waals surface area contributed by atoms with Crippen LogP contribution in [0.4, 0.5) is 4.39 Å². The number of carbonyl (C=O) groups is 1. The summed E-state index contributed by atoms with van der Waals surface area (Å²) in [6.45, 7) is 0.176. The van der Waals surface area contributed by atoms with Gasteiger partial charge in [-0.05, 0) is 24.3 Å². The van der Waals surface area contributed by atoms with Gasteiger partial charge in [-0.15, -0.1) is 0 Å². The highest BCUT2D eigenvalue weighted by Crippen LogP contribution is 2.15. The third kappa shape index (κ3) is 3.70. The van der Waals surface area contributed by atoms with E-state index in [9.17, 15) is 14.0 Å². The molecule has 6 nitrogen and oxygen atoms in total. The first-order chi connectivity index (χ1) is 13.0. The summed E-state index contributed by atoms with van der Waals surface area (Å²) in [5.41, 5.74) is 0.126. The Balaban J connectivity index is 2.13. The highest BCUT2D eigenvalue weighted by atomic mass is 19.1. The van der Waals surface area contributed by atoms with Crippen molar-refractivity contribution in [3.05, 3.63) is 76.0 Å². The monoisotopic (exact) mass is 364 g/mol. The molecular weight excluding hydrogens is 347 g/mol. The van der Waals surface area contributed by atoms with E-state index in [2.05, 4.69) is 4.98 Å². The van der Waals surface area contributed by atoms with Crippen molar-refractivity contribution >= 4 is 16.9 Å². The molecule has 1 aromatic carbocycles. The lowest BCUT2D eigenvalue weighted by Crippen LogP contribution is -2.35. The van der Waals surface area contributed by atoms with Crippen LogP contribution in [0, 0.1) is 17.1 Å². The second-order valence-corrected chi connectivity index (χ2v) is 6.09. The van der Waals surface area contributed by atoms with Crippen LogP contribution in [0.2, 0.25) is 0 Å². The number of fused-ring (bicyclic) bond motifs is 1. The highest BCUT2D eigenvalue weighted by molar-refractivity contribution is 5.96. The first-order valence-electron chi connectivity index (χ1n) is 8.37. The van der Waals surface area contributed by atoms with Gasteiger partial charge in [-0.3, -0.25) is 14.2 Å². The zero-order chi connectivity index (χ0) is 19.4. The maximum Gasteiger partial charge on any atom is 0.265 e. The van der Waals surface area contributed by atoms with Crippen LogP contribution in [0.5, 0.6) is 0 Å². The Kier molecular flexibility index (Phi) is 5.27. The van der Waals surface area contributed by atoms with Crippen molar-refractivity contribution in [1.29, 1.82) is 5.26 Å². The van der Waals surface area contributed by atoms with Crippen LogP contribution in [0.3, 0.4) is 0 Å². The lowest BCUT2D eigenvalue weighted by atomic mass is 10.1. The van der Waals surface area contributed by atoms with Gasteiger partial charge in [0, 0.05) is 30.7 Å². The maximum absolute atomic E-state index is 14.1. The molecule has 0 saturated heterocycles. The number of rotatable bonds is 5. The first kappa shape index (κ1) is 18.3. The predicted molar refractivity (Wildman–Crippen MR) is 98.7 cm³/mol. The minimum Gasteiger partial charge on any atom is -0.341 e. The fourth-order valence-electron chi connectivity index (χ4n) is 2.83. The summed E-state index contributed by atoms with van der Waals surface area (Å²) in [6, 6.07) is 13.1. The molecule has 2 heterocycles. The molecule has 0 fully saturated rings. The van der Waals surface area contributed by atoms with Crippen molar-refractivity contribution in [2.45, 2.75) is 13.0 Å². The average molecular weight is 364 g/mol. The van der Waals surface area contributed by atoms with Crippen LogP contribution in [-0.2, 0) is 6.54 Å². The van der Waals surface area contributed by atoms with Gasteiger partial charge in [-0.2, -0.15) is 5.26 Å². The molecule has 0 aliphatic rings. The molecular formula is C20H17FN4O2.